The van der Waals surface area contributed by atoms with E-state index in [1.807, 2.05) is 12.1 Å². The fraction of sp³-hybridized carbons (Fsp3) is 0.154. The van der Waals surface area contributed by atoms with E-state index in [-0.39, 0.29) is 0 Å². The van der Waals surface area contributed by atoms with E-state index < -0.39 is 0 Å². The Morgan fingerprint density at radius 3 is 2.60 bits per heavy atom. The average Bonchev–Trinajstić information content (AvgIpc) is 2.29. The second-order valence-electron chi connectivity index (χ2n) is 3.64. The highest BCUT2D eigenvalue weighted by atomic mass is 15.1. The molecule has 2 aromatic rings. The van der Waals surface area contributed by atoms with Crippen molar-refractivity contribution in [3.8, 4) is 6.19 Å². The second-order valence-corrected chi connectivity index (χ2v) is 3.64. The molecule has 0 saturated carbocycles. The summed E-state index contributed by atoms with van der Waals surface area (Å²) in [5.74, 6) is 0. The zero-order valence-corrected chi connectivity index (χ0v) is 8.64. The average molecular weight is 196 g/mol. The fourth-order valence-corrected chi connectivity index (χ4v) is 1.65. The Balaban J connectivity index is 2.35. The Kier molecular flexibility index (Phi) is 2.55. The third-order valence-electron chi connectivity index (χ3n) is 2.40. The van der Waals surface area contributed by atoms with Crippen molar-refractivity contribution >= 4 is 10.8 Å². The molecule has 0 aliphatic rings. The van der Waals surface area contributed by atoms with Gasteiger partial charge in [-0.25, -0.2) is 0 Å². The minimum Gasteiger partial charge on any atom is -0.309 e. The van der Waals surface area contributed by atoms with Gasteiger partial charge in [0.25, 0.3) is 0 Å². The largest absolute Gasteiger partial charge is 0.309 e. The maximum Gasteiger partial charge on any atom is 0.179 e. The maximum absolute atomic E-state index is 8.69. The van der Waals surface area contributed by atoms with Gasteiger partial charge in [-0.2, -0.15) is 5.26 Å². The molecule has 0 unspecified atom stereocenters. The summed E-state index contributed by atoms with van der Waals surface area (Å²) in [6, 6.07) is 14.5. The third-order valence-corrected chi connectivity index (χ3v) is 2.40. The molecule has 2 rings (SSSR count). The molecular formula is C13H12N2. The maximum atomic E-state index is 8.69. The number of fused-ring (bicyclic) bond motifs is 1. The molecule has 2 nitrogen and oxygen atoms in total. The third kappa shape index (κ3) is 2.08. The van der Waals surface area contributed by atoms with Crippen LogP contribution in [0.3, 0.4) is 0 Å². The quantitative estimate of drug-likeness (QED) is 0.545. The van der Waals surface area contributed by atoms with Crippen molar-refractivity contribution in [3.05, 3.63) is 48.0 Å². The number of hydrogen-bond donors (Lipinski definition) is 0. The van der Waals surface area contributed by atoms with Gasteiger partial charge in [0.2, 0.25) is 0 Å². The van der Waals surface area contributed by atoms with Gasteiger partial charge in [-0.1, -0.05) is 36.4 Å². The number of hydrogen-bond acceptors (Lipinski definition) is 2. The van der Waals surface area contributed by atoms with Gasteiger partial charge < -0.3 is 4.90 Å². The van der Waals surface area contributed by atoms with Crippen molar-refractivity contribution in [1.29, 1.82) is 5.26 Å². The zero-order chi connectivity index (χ0) is 10.7. The van der Waals surface area contributed by atoms with E-state index in [1.165, 1.54) is 10.8 Å². The molecule has 0 aliphatic carbocycles. The van der Waals surface area contributed by atoms with Crippen molar-refractivity contribution in [1.82, 2.24) is 4.90 Å². The Morgan fingerprint density at radius 1 is 1.13 bits per heavy atom. The van der Waals surface area contributed by atoms with Gasteiger partial charge in [0.05, 0.1) is 6.54 Å². The Morgan fingerprint density at radius 2 is 1.87 bits per heavy atom. The van der Waals surface area contributed by atoms with Crippen LogP contribution < -0.4 is 0 Å². The van der Waals surface area contributed by atoms with Crippen molar-refractivity contribution < 1.29 is 0 Å². The van der Waals surface area contributed by atoms with Crippen molar-refractivity contribution in [3.63, 3.8) is 0 Å². The van der Waals surface area contributed by atoms with Crippen LogP contribution >= 0.6 is 0 Å². The van der Waals surface area contributed by atoms with E-state index in [4.69, 9.17) is 5.26 Å². The summed E-state index contributed by atoms with van der Waals surface area (Å²) in [7, 11) is 1.79. The van der Waals surface area contributed by atoms with Gasteiger partial charge in [0.15, 0.2) is 6.19 Å². The predicted octanol–water partition coefficient (Wildman–Crippen LogP) is 2.75. The topological polar surface area (TPSA) is 27.0 Å². The van der Waals surface area contributed by atoms with Crippen molar-refractivity contribution in [2.24, 2.45) is 0 Å². The van der Waals surface area contributed by atoms with Crippen LogP contribution in [0.2, 0.25) is 0 Å². The SMILES string of the molecule is CN(C#N)Cc1ccc2ccccc2c1. The minimum absolute atomic E-state index is 0.668. The molecule has 0 spiro atoms. The Bertz CT molecular complexity index is 511. The summed E-state index contributed by atoms with van der Waals surface area (Å²) in [6.45, 7) is 0.668. The lowest BCUT2D eigenvalue weighted by Crippen LogP contribution is -2.09. The first-order valence-corrected chi connectivity index (χ1v) is 4.88. The molecule has 74 valence electrons. The lowest BCUT2D eigenvalue weighted by molar-refractivity contribution is 0.470. The fourth-order valence-electron chi connectivity index (χ4n) is 1.65. The van der Waals surface area contributed by atoms with Crippen LogP contribution in [0, 0.1) is 11.5 Å². The van der Waals surface area contributed by atoms with E-state index in [2.05, 4.69) is 36.5 Å². The zero-order valence-electron chi connectivity index (χ0n) is 8.64. The molecule has 0 N–H and O–H groups in total. The highest BCUT2D eigenvalue weighted by molar-refractivity contribution is 5.82. The monoisotopic (exact) mass is 196 g/mol. The van der Waals surface area contributed by atoms with Gasteiger partial charge in [0.1, 0.15) is 0 Å². The number of nitriles is 1. The van der Waals surface area contributed by atoms with Gasteiger partial charge in [-0.3, -0.25) is 0 Å². The van der Waals surface area contributed by atoms with Crippen molar-refractivity contribution in [2.45, 2.75) is 6.54 Å². The molecule has 0 radical (unpaired) electrons. The molecule has 2 aromatic carbocycles. The summed E-state index contributed by atoms with van der Waals surface area (Å²) in [6.07, 6.45) is 2.09. The molecule has 0 aromatic heterocycles. The lowest BCUT2D eigenvalue weighted by atomic mass is 10.1. The predicted molar refractivity (Wildman–Crippen MR) is 61.0 cm³/mol. The van der Waals surface area contributed by atoms with Crippen LogP contribution in [-0.4, -0.2) is 11.9 Å². The molecule has 0 fully saturated rings. The first-order chi connectivity index (χ1) is 7.29. The van der Waals surface area contributed by atoms with Gasteiger partial charge in [-0.15, -0.1) is 0 Å². The number of rotatable bonds is 2. The molecule has 0 bridgehead atoms. The highest BCUT2D eigenvalue weighted by Gasteiger charge is 1.98. The van der Waals surface area contributed by atoms with E-state index in [1.54, 1.807) is 11.9 Å². The van der Waals surface area contributed by atoms with Gasteiger partial charge in [-0.05, 0) is 22.4 Å². The first kappa shape index (κ1) is 9.54. The molecule has 0 heterocycles. The standard InChI is InChI=1S/C13H12N2/c1-15(10-14)9-11-6-7-12-4-2-3-5-13(12)8-11/h2-8H,9H2,1H3. The second kappa shape index (κ2) is 4.02. The molecule has 0 saturated heterocycles. The molecule has 0 atom stereocenters. The Labute approximate surface area is 89.4 Å². The van der Waals surface area contributed by atoms with Crippen LogP contribution in [-0.2, 0) is 6.54 Å². The smallest absolute Gasteiger partial charge is 0.179 e. The first-order valence-electron chi connectivity index (χ1n) is 4.88. The van der Waals surface area contributed by atoms with E-state index in [9.17, 15) is 0 Å². The summed E-state index contributed by atoms with van der Waals surface area (Å²) < 4.78 is 0. The van der Waals surface area contributed by atoms with Crippen molar-refractivity contribution in [2.75, 3.05) is 7.05 Å². The molecule has 0 aliphatic heterocycles. The van der Waals surface area contributed by atoms with Gasteiger partial charge >= 0.3 is 0 Å². The Hall–Kier alpha value is -2.01. The van der Waals surface area contributed by atoms with Crippen LogP contribution in [0.5, 0.6) is 0 Å². The van der Waals surface area contributed by atoms with Crippen LogP contribution in [0.1, 0.15) is 5.56 Å². The number of benzene rings is 2. The van der Waals surface area contributed by atoms with E-state index >= 15 is 0 Å². The minimum atomic E-state index is 0.668. The van der Waals surface area contributed by atoms with Crippen LogP contribution in [0.4, 0.5) is 0 Å². The number of nitrogens with zero attached hydrogens (tertiary/aromatic N) is 2. The van der Waals surface area contributed by atoms with E-state index in [0.717, 1.165) is 5.56 Å². The summed E-state index contributed by atoms with van der Waals surface area (Å²) >= 11 is 0. The van der Waals surface area contributed by atoms with Gasteiger partial charge in [0, 0.05) is 7.05 Å². The molecule has 2 heteroatoms. The summed E-state index contributed by atoms with van der Waals surface area (Å²) in [5.41, 5.74) is 1.16. The lowest BCUT2D eigenvalue weighted by Gasteiger charge is -2.09. The van der Waals surface area contributed by atoms with Crippen LogP contribution in [0.25, 0.3) is 10.8 Å². The summed E-state index contributed by atoms with van der Waals surface area (Å²) in [4.78, 5) is 1.62. The molecule has 15 heavy (non-hydrogen) atoms. The molecular weight excluding hydrogens is 184 g/mol. The highest BCUT2D eigenvalue weighted by Crippen LogP contribution is 2.16. The van der Waals surface area contributed by atoms with Crippen LogP contribution in [0.15, 0.2) is 42.5 Å². The normalized spacial score (nSPS) is 9.87. The molecule has 0 amide bonds. The van der Waals surface area contributed by atoms with E-state index in [0.29, 0.717) is 6.54 Å². The summed E-state index contributed by atoms with van der Waals surface area (Å²) in [5, 5.41) is 11.1.